The molecule has 1 fully saturated rings. The first-order chi connectivity index (χ1) is 8.95. The maximum Gasteiger partial charge on any atom is 0.326 e. The van der Waals surface area contributed by atoms with Crippen LogP contribution in [-0.2, 0) is 9.59 Å². The third-order valence-corrected chi connectivity index (χ3v) is 5.12. The fourth-order valence-electron chi connectivity index (χ4n) is 2.09. The van der Waals surface area contributed by atoms with E-state index in [2.05, 4.69) is 5.32 Å². The van der Waals surface area contributed by atoms with Crippen LogP contribution < -0.4 is 11.1 Å². The average Bonchev–Trinajstić information content (AvgIpc) is 2.88. The molecule has 19 heavy (non-hydrogen) atoms. The number of carbonyl (C=O) groups is 2. The van der Waals surface area contributed by atoms with E-state index in [0.29, 0.717) is 11.7 Å². The first-order valence-electron chi connectivity index (χ1n) is 6.86. The first kappa shape index (κ1) is 16.3. The lowest BCUT2D eigenvalue weighted by Crippen LogP contribution is -2.51. The highest BCUT2D eigenvalue weighted by atomic mass is 32.2. The molecule has 4 atom stereocenters. The number of thioether (sulfide) groups is 1. The van der Waals surface area contributed by atoms with Gasteiger partial charge in [0.15, 0.2) is 0 Å². The third-order valence-electron chi connectivity index (χ3n) is 3.70. The zero-order valence-electron chi connectivity index (χ0n) is 11.6. The molecule has 0 radical (unpaired) electrons. The number of amides is 1. The predicted octanol–water partition coefficient (Wildman–Crippen LogP) is 1.21. The van der Waals surface area contributed by atoms with Gasteiger partial charge in [0.2, 0.25) is 5.91 Å². The molecule has 1 amide bonds. The number of carboxylic acids is 1. The van der Waals surface area contributed by atoms with Crippen LogP contribution in [0.4, 0.5) is 0 Å². The van der Waals surface area contributed by atoms with Gasteiger partial charge in [0.05, 0.1) is 6.04 Å². The summed E-state index contributed by atoms with van der Waals surface area (Å²) in [5.41, 5.74) is 5.82. The Balaban J connectivity index is 2.52. The second kappa shape index (κ2) is 7.75. The molecule has 0 aromatic heterocycles. The van der Waals surface area contributed by atoms with Gasteiger partial charge < -0.3 is 16.2 Å². The summed E-state index contributed by atoms with van der Waals surface area (Å²) in [4.78, 5) is 23.1. The maximum absolute atomic E-state index is 11.9. The van der Waals surface area contributed by atoms with E-state index in [4.69, 9.17) is 5.73 Å². The van der Waals surface area contributed by atoms with Crippen molar-refractivity contribution in [2.45, 2.75) is 56.9 Å². The molecule has 0 aromatic rings. The lowest BCUT2D eigenvalue weighted by atomic mass is 9.98. The van der Waals surface area contributed by atoms with Crippen LogP contribution in [-0.4, -0.2) is 40.1 Å². The van der Waals surface area contributed by atoms with E-state index in [1.165, 1.54) is 0 Å². The Labute approximate surface area is 118 Å². The van der Waals surface area contributed by atoms with Crippen LogP contribution in [0.1, 0.15) is 39.5 Å². The van der Waals surface area contributed by atoms with Gasteiger partial charge in [-0.25, -0.2) is 4.79 Å². The van der Waals surface area contributed by atoms with E-state index in [1.54, 1.807) is 11.8 Å². The molecule has 1 aliphatic rings. The largest absolute Gasteiger partial charge is 0.480 e. The van der Waals surface area contributed by atoms with Crippen molar-refractivity contribution in [1.29, 1.82) is 0 Å². The summed E-state index contributed by atoms with van der Waals surface area (Å²) >= 11 is 1.79. The summed E-state index contributed by atoms with van der Waals surface area (Å²) in [6, 6.07) is -1.46. The van der Waals surface area contributed by atoms with Crippen LogP contribution >= 0.6 is 11.8 Å². The number of nitrogens with two attached hydrogens (primary N) is 1. The minimum atomic E-state index is -0.975. The van der Waals surface area contributed by atoms with Crippen molar-refractivity contribution < 1.29 is 14.7 Å². The van der Waals surface area contributed by atoms with Crippen molar-refractivity contribution in [3.63, 3.8) is 0 Å². The zero-order chi connectivity index (χ0) is 14.4. The van der Waals surface area contributed by atoms with Gasteiger partial charge in [-0.3, -0.25) is 4.79 Å². The van der Waals surface area contributed by atoms with Crippen LogP contribution in [0.3, 0.4) is 0 Å². The van der Waals surface area contributed by atoms with Crippen LogP contribution in [0, 0.1) is 5.92 Å². The second-order valence-corrected chi connectivity index (χ2v) is 6.59. The van der Waals surface area contributed by atoms with Gasteiger partial charge in [0.25, 0.3) is 0 Å². The molecule has 0 aliphatic carbocycles. The molecule has 4 N–H and O–H groups in total. The monoisotopic (exact) mass is 288 g/mol. The minimum Gasteiger partial charge on any atom is -0.480 e. The van der Waals surface area contributed by atoms with Crippen LogP contribution in [0.25, 0.3) is 0 Å². The van der Waals surface area contributed by atoms with Crippen molar-refractivity contribution in [3.8, 4) is 0 Å². The molecule has 1 unspecified atom stereocenters. The molecule has 0 aromatic carbocycles. The molecule has 0 spiro atoms. The van der Waals surface area contributed by atoms with Crippen LogP contribution in [0.15, 0.2) is 0 Å². The van der Waals surface area contributed by atoms with Gasteiger partial charge in [0.1, 0.15) is 6.04 Å². The summed E-state index contributed by atoms with van der Waals surface area (Å²) < 4.78 is 0. The van der Waals surface area contributed by atoms with Gasteiger partial charge in [-0.2, -0.15) is 11.8 Å². The van der Waals surface area contributed by atoms with Crippen molar-refractivity contribution in [1.82, 2.24) is 5.32 Å². The number of nitrogens with one attached hydrogen (secondary N) is 1. The van der Waals surface area contributed by atoms with Gasteiger partial charge in [-0.05, 0) is 30.9 Å². The molecule has 1 saturated heterocycles. The molecule has 6 heteroatoms. The van der Waals surface area contributed by atoms with Gasteiger partial charge in [0, 0.05) is 5.25 Å². The Morgan fingerprint density at radius 1 is 1.53 bits per heavy atom. The van der Waals surface area contributed by atoms with Crippen LogP contribution in [0.5, 0.6) is 0 Å². The highest BCUT2D eigenvalue weighted by molar-refractivity contribution is 8.00. The fraction of sp³-hybridized carbons (Fsp3) is 0.846. The highest BCUT2D eigenvalue weighted by Gasteiger charge is 2.29. The molecule has 1 aliphatic heterocycles. The number of hydrogen-bond acceptors (Lipinski definition) is 4. The summed E-state index contributed by atoms with van der Waals surface area (Å²) in [6.07, 6.45) is 3.44. The number of carbonyl (C=O) groups excluding carboxylic acids is 1. The van der Waals surface area contributed by atoms with Crippen molar-refractivity contribution in [2.24, 2.45) is 11.7 Å². The molecular weight excluding hydrogens is 264 g/mol. The van der Waals surface area contributed by atoms with E-state index in [0.717, 1.165) is 25.0 Å². The minimum absolute atomic E-state index is 0.0512. The smallest absolute Gasteiger partial charge is 0.326 e. The van der Waals surface area contributed by atoms with Gasteiger partial charge >= 0.3 is 5.97 Å². The van der Waals surface area contributed by atoms with Gasteiger partial charge in [-0.15, -0.1) is 0 Å². The average molecular weight is 288 g/mol. The Morgan fingerprint density at radius 2 is 2.21 bits per heavy atom. The summed E-state index contributed by atoms with van der Waals surface area (Å²) in [5, 5.41) is 12.1. The quantitative estimate of drug-likeness (QED) is 0.655. The standard InChI is InChI=1S/C13H24N2O3S/c1-3-8(2)11(14)12(16)15-10(13(17)18)7-9-5-4-6-19-9/h8-11H,3-7,14H2,1-2H3,(H,15,16)(H,17,18)/t8?,9-,10-,11-/m0/s1. The highest BCUT2D eigenvalue weighted by Crippen LogP contribution is 2.29. The molecule has 1 heterocycles. The fourth-order valence-corrected chi connectivity index (χ4v) is 3.42. The molecule has 0 saturated carbocycles. The van der Waals surface area contributed by atoms with Crippen molar-refractivity contribution in [3.05, 3.63) is 0 Å². The number of rotatable bonds is 7. The zero-order valence-corrected chi connectivity index (χ0v) is 12.4. The van der Waals surface area contributed by atoms with E-state index in [-0.39, 0.29) is 11.8 Å². The molecule has 0 bridgehead atoms. The number of hydrogen-bond donors (Lipinski definition) is 3. The summed E-state index contributed by atoms with van der Waals surface area (Å²) in [7, 11) is 0. The Bertz CT molecular complexity index is 319. The molecular formula is C13H24N2O3S. The van der Waals surface area contributed by atoms with E-state index in [9.17, 15) is 14.7 Å². The van der Waals surface area contributed by atoms with E-state index >= 15 is 0 Å². The number of aliphatic carboxylic acids is 1. The first-order valence-corrected chi connectivity index (χ1v) is 7.91. The second-order valence-electron chi connectivity index (χ2n) is 5.18. The van der Waals surface area contributed by atoms with E-state index < -0.39 is 18.1 Å². The normalized spacial score (nSPS) is 23.6. The number of carboxylic acid groups (broad SMARTS) is 1. The molecule has 1 rings (SSSR count). The Hall–Kier alpha value is -0.750. The van der Waals surface area contributed by atoms with E-state index in [1.807, 2.05) is 13.8 Å². The van der Waals surface area contributed by atoms with Crippen molar-refractivity contribution >= 4 is 23.6 Å². The lowest BCUT2D eigenvalue weighted by molar-refractivity contribution is -0.142. The maximum atomic E-state index is 11.9. The lowest BCUT2D eigenvalue weighted by Gasteiger charge is -2.22. The predicted molar refractivity (Wildman–Crippen MR) is 77.1 cm³/mol. The molecule has 110 valence electrons. The van der Waals surface area contributed by atoms with Crippen molar-refractivity contribution in [2.75, 3.05) is 5.75 Å². The van der Waals surface area contributed by atoms with Crippen LogP contribution in [0.2, 0.25) is 0 Å². The summed E-state index contributed by atoms with van der Waals surface area (Å²) in [6.45, 7) is 3.86. The molecule has 5 nitrogen and oxygen atoms in total. The third kappa shape index (κ3) is 5.03. The summed E-state index contributed by atoms with van der Waals surface area (Å²) in [5.74, 6) is -0.200. The Kier molecular flexibility index (Phi) is 6.65. The Morgan fingerprint density at radius 3 is 2.68 bits per heavy atom. The van der Waals surface area contributed by atoms with Gasteiger partial charge in [-0.1, -0.05) is 20.3 Å². The SMILES string of the molecule is CCC(C)[C@H](N)C(=O)N[C@@H](C[C@@H]1CCCS1)C(=O)O. The topological polar surface area (TPSA) is 92.4 Å².